The predicted molar refractivity (Wildman–Crippen MR) is 64.1 cm³/mol. The fourth-order valence-electron chi connectivity index (χ4n) is 2.14. The van der Waals surface area contributed by atoms with Gasteiger partial charge in [0.2, 0.25) is 5.91 Å². The van der Waals surface area contributed by atoms with Gasteiger partial charge in [0.1, 0.15) is 0 Å². The Hall–Kier alpha value is -0.610. The van der Waals surface area contributed by atoms with Crippen LogP contribution in [0.2, 0.25) is 0 Å². The molecule has 0 radical (unpaired) electrons. The van der Waals surface area contributed by atoms with E-state index in [2.05, 4.69) is 10.6 Å². The van der Waals surface area contributed by atoms with E-state index in [0.717, 1.165) is 32.4 Å². The first-order valence-corrected chi connectivity index (χ1v) is 6.39. The van der Waals surface area contributed by atoms with Crippen molar-refractivity contribution >= 4 is 5.91 Å². The third-order valence-corrected chi connectivity index (χ3v) is 3.21. The summed E-state index contributed by atoms with van der Waals surface area (Å²) >= 11 is 0. The van der Waals surface area contributed by atoms with Crippen LogP contribution >= 0.6 is 0 Å². The molecule has 0 spiro atoms. The molecule has 2 unspecified atom stereocenters. The van der Waals surface area contributed by atoms with Crippen LogP contribution in [-0.2, 0) is 4.79 Å². The first-order valence-electron chi connectivity index (χ1n) is 6.39. The summed E-state index contributed by atoms with van der Waals surface area (Å²) in [6.45, 7) is 4.28. The molecular weight excluding hydrogens is 204 g/mol. The lowest BCUT2D eigenvalue weighted by Crippen LogP contribution is -2.37. The highest BCUT2D eigenvalue weighted by Gasteiger charge is 2.22. The Morgan fingerprint density at radius 1 is 1.38 bits per heavy atom. The molecule has 0 aliphatic heterocycles. The fraction of sp³-hybridized carbons (Fsp3) is 0.917. The average Bonchev–Trinajstić information content (AvgIpc) is 2.28. The summed E-state index contributed by atoms with van der Waals surface area (Å²) < 4.78 is 0. The fourth-order valence-corrected chi connectivity index (χ4v) is 2.14. The van der Waals surface area contributed by atoms with Gasteiger partial charge in [0, 0.05) is 25.4 Å². The largest absolute Gasteiger partial charge is 0.393 e. The molecule has 1 fully saturated rings. The minimum absolute atomic E-state index is 0.0822. The van der Waals surface area contributed by atoms with Crippen LogP contribution in [0.5, 0.6) is 0 Å². The number of aliphatic hydroxyl groups excluding tert-OH is 1. The van der Waals surface area contributed by atoms with Crippen molar-refractivity contribution in [2.24, 2.45) is 5.92 Å². The number of aliphatic hydroxyl groups is 1. The lowest BCUT2D eigenvalue weighted by molar-refractivity contribution is -0.121. The van der Waals surface area contributed by atoms with Crippen molar-refractivity contribution in [2.75, 3.05) is 19.6 Å². The summed E-state index contributed by atoms with van der Waals surface area (Å²) in [6.07, 6.45) is 4.52. The Labute approximate surface area is 97.8 Å². The molecule has 1 aliphatic rings. The lowest BCUT2D eigenvalue weighted by atomic mass is 9.86. The van der Waals surface area contributed by atoms with E-state index in [1.165, 1.54) is 6.42 Å². The number of amides is 1. The summed E-state index contributed by atoms with van der Waals surface area (Å²) in [4.78, 5) is 11.4. The standard InChI is InChI=1S/C12H24N2O2/c1-2-13-8-7-12(16)14-9-10-5-3-4-6-11(10)15/h10-11,13,15H,2-9H2,1H3,(H,14,16). The minimum Gasteiger partial charge on any atom is -0.393 e. The number of rotatable bonds is 6. The maximum absolute atomic E-state index is 11.4. The van der Waals surface area contributed by atoms with Gasteiger partial charge in [-0.3, -0.25) is 4.79 Å². The number of carbonyl (C=O) groups is 1. The van der Waals surface area contributed by atoms with Crippen LogP contribution in [0.3, 0.4) is 0 Å². The topological polar surface area (TPSA) is 61.4 Å². The molecule has 1 amide bonds. The summed E-state index contributed by atoms with van der Waals surface area (Å²) in [5.41, 5.74) is 0. The van der Waals surface area contributed by atoms with Gasteiger partial charge < -0.3 is 15.7 Å². The maximum atomic E-state index is 11.4. The van der Waals surface area contributed by atoms with E-state index in [9.17, 15) is 9.90 Å². The first kappa shape index (κ1) is 13.5. The second-order valence-electron chi connectivity index (χ2n) is 4.52. The molecular formula is C12H24N2O2. The van der Waals surface area contributed by atoms with Gasteiger partial charge in [0.05, 0.1) is 6.10 Å². The number of nitrogens with one attached hydrogen (secondary N) is 2. The molecule has 0 heterocycles. The summed E-state index contributed by atoms with van der Waals surface area (Å²) in [5.74, 6) is 0.343. The van der Waals surface area contributed by atoms with Crippen molar-refractivity contribution in [3.05, 3.63) is 0 Å². The Morgan fingerprint density at radius 3 is 2.81 bits per heavy atom. The van der Waals surface area contributed by atoms with E-state index in [-0.39, 0.29) is 17.9 Å². The van der Waals surface area contributed by atoms with Gasteiger partial charge in [-0.2, -0.15) is 0 Å². The molecule has 1 aliphatic carbocycles. The second-order valence-corrected chi connectivity index (χ2v) is 4.52. The van der Waals surface area contributed by atoms with Crippen LogP contribution in [0, 0.1) is 5.92 Å². The molecule has 2 atom stereocenters. The molecule has 0 aromatic carbocycles. The predicted octanol–water partition coefficient (Wildman–Crippen LogP) is 0.653. The normalized spacial score (nSPS) is 25.4. The third kappa shape index (κ3) is 4.94. The first-order chi connectivity index (χ1) is 7.74. The van der Waals surface area contributed by atoms with Crippen LogP contribution in [0.15, 0.2) is 0 Å². The Kier molecular flexibility index (Phi) is 6.42. The molecule has 1 rings (SSSR count). The molecule has 16 heavy (non-hydrogen) atoms. The molecule has 1 saturated carbocycles. The zero-order valence-electron chi connectivity index (χ0n) is 10.2. The quantitative estimate of drug-likeness (QED) is 0.585. The average molecular weight is 228 g/mol. The molecule has 0 aromatic rings. The van der Waals surface area contributed by atoms with E-state index >= 15 is 0 Å². The number of hydrogen-bond acceptors (Lipinski definition) is 3. The molecule has 3 N–H and O–H groups in total. The van der Waals surface area contributed by atoms with Crippen molar-refractivity contribution in [1.82, 2.24) is 10.6 Å². The highest BCUT2D eigenvalue weighted by Crippen LogP contribution is 2.23. The van der Waals surface area contributed by atoms with Gasteiger partial charge in [-0.1, -0.05) is 19.8 Å². The van der Waals surface area contributed by atoms with Crippen LogP contribution < -0.4 is 10.6 Å². The molecule has 4 nitrogen and oxygen atoms in total. The Morgan fingerprint density at radius 2 is 2.12 bits per heavy atom. The highest BCUT2D eigenvalue weighted by molar-refractivity contribution is 5.76. The maximum Gasteiger partial charge on any atom is 0.221 e. The smallest absolute Gasteiger partial charge is 0.221 e. The van der Waals surface area contributed by atoms with E-state index < -0.39 is 0 Å². The Bertz CT molecular complexity index is 209. The van der Waals surface area contributed by atoms with Crippen LogP contribution in [0.1, 0.15) is 39.0 Å². The van der Waals surface area contributed by atoms with Gasteiger partial charge in [0.25, 0.3) is 0 Å². The van der Waals surface area contributed by atoms with Crippen LogP contribution in [0.25, 0.3) is 0 Å². The van der Waals surface area contributed by atoms with Crippen molar-refractivity contribution < 1.29 is 9.90 Å². The van der Waals surface area contributed by atoms with Gasteiger partial charge in [-0.05, 0) is 19.4 Å². The SMILES string of the molecule is CCNCCC(=O)NCC1CCCCC1O. The van der Waals surface area contributed by atoms with Crippen molar-refractivity contribution in [3.8, 4) is 0 Å². The third-order valence-electron chi connectivity index (χ3n) is 3.21. The van der Waals surface area contributed by atoms with Gasteiger partial charge in [-0.25, -0.2) is 0 Å². The van der Waals surface area contributed by atoms with E-state index in [1.807, 2.05) is 6.92 Å². The molecule has 4 heteroatoms. The van der Waals surface area contributed by atoms with Crippen molar-refractivity contribution in [3.63, 3.8) is 0 Å². The summed E-state index contributed by atoms with van der Waals surface area (Å²) in [7, 11) is 0. The van der Waals surface area contributed by atoms with E-state index in [4.69, 9.17) is 0 Å². The summed E-state index contributed by atoms with van der Waals surface area (Å²) in [5, 5.41) is 15.8. The van der Waals surface area contributed by atoms with Gasteiger partial charge in [-0.15, -0.1) is 0 Å². The van der Waals surface area contributed by atoms with Gasteiger partial charge >= 0.3 is 0 Å². The molecule has 0 aromatic heterocycles. The van der Waals surface area contributed by atoms with Crippen molar-refractivity contribution in [2.45, 2.75) is 45.1 Å². The highest BCUT2D eigenvalue weighted by atomic mass is 16.3. The van der Waals surface area contributed by atoms with E-state index in [1.54, 1.807) is 0 Å². The molecule has 0 saturated heterocycles. The zero-order valence-corrected chi connectivity index (χ0v) is 10.2. The lowest BCUT2D eigenvalue weighted by Gasteiger charge is -2.27. The summed E-state index contributed by atoms with van der Waals surface area (Å²) in [6, 6.07) is 0. The van der Waals surface area contributed by atoms with Gasteiger partial charge in [0.15, 0.2) is 0 Å². The molecule has 94 valence electrons. The monoisotopic (exact) mass is 228 g/mol. The van der Waals surface area contributed by atoms with Crippen LogP contribution in [-0.4, -0.2) is 36.8 Å². The number of hydrogen-bond donors (Lipinski definition) is 3. The van der Waals surface area contributed by atoms with Crippen LogP contribution in [0.4, 0.5) is 0 Å². The molecule has 0 bridgehead atoms. The Balaban J connectivity index is 2.10. The minimum atomic E-state index is -0.220. The van der Waals surface area contributed by atoms with Crippen molar-refractivity contribution in [1.29, 1.82) is 0 Å². The second kappa shape index (κ2) is 7.63. The zero-order chi connectivity index (χ0) is 11.8. The van der Waals surface area contributed by atoms with E-state index in [0.29, 0.717) is 13.0 Å². The number of carbonyl (C=O) groups excluding carboxylic acids is 1.